The molecule has 0 aliphatic carbocycles. The zero-order valence-corrected chi connectivity index (χ0v) is 68.9. The molecule has 102 heavy (non-hydrogen) atoms. The van der Waals surface area contributed by atoms with Crippen molar-refractivity contribution >= 4 is 39.5 Å². The number of ether oxygens (including phenoxy) is 4. The Balaban J connectivity index is 5.17. The van der Waals surface area contributed by atoms with Gasteiger partial charge in [0.05, 0.1) is 26.4 Å². The lowest BCUT2D eigenvalue weighted by molar-refractivity contribution is -0.161. The van der Waals surface area contributed by atoms with Crippen LogP contribution in [0, 0.1) is 17.8 Å². The Labute approximate surface area is 626 Å². The molecule has 3 N–H and O–H groups in total. The van der Waals surface area contributed by atoms with Gasteiger partial charge in [-0.25, -0.2) is 9.13 Å². The maximum absolute atomic E-state index is 13.1. The summed E-state index contributed by atoms with van der Waals surface area (Å²) in [5.41, 5.74) is 0. The molecule has 0 heterocycles. The summed E-state index contributed by atoms with van der Waals surface area (Å²) in [6.07, 6.45) is 62.8. The zero-order chi connectivity index (χ0) is 75.1. The number of aliphatic hydroxyl groups excluding tert-OH is 1. The average molecular weight is 1490 g/mol. The summed E-state index contributed by atoms with van der Waals surface area (Å²) in [6, 6.07) is 0. The molecule has 0 rings (SSSR count). The van der Waals surface area contributed by atoms with Gasteiger partial charge in [0.15, 0.2) is 12.2 Å². The summed E-state index contributed by atoms with van der Waals surface area (Å²) in [7, 11) is -9.92. The number of esters is 4. The minimum absolute atomic E-state index is 0.106. The van der Waals surface area contributed by atoms with Gasteiger partial charge in [-0.1, -0.05) is 382 Å². The van der Waals surface area contributed by atoms with E-state index in [-0.39, 0.29) is 25.7 Å². The van der Waals surface area contributed by atoms with E-state index in [1.807, 2.05) is 0 Å². The number of carbonyl (C=O) groups is 4. The first kappa shape index (κ1) is 100. The van der Waals surface area contributed by atoms with Gasteiger partial charge in [0.25, 0.3) is 0 Å². The van der Waals surface area contributed by atoms with E-state index in [0.29, 0.717) is 31.6 Å². The summed E-state index contributed by atoms with van der Waals surface area (Å²) in [5, 5.41) is 10.6. The van der Waals surface area contributed by atoms with E-state index >= 15 is 0 Å². The second kappa shape index (κ2) is 73.2. The van der Waals surface area contributed by atoms with Crippen molar-refractivity contribution < 1.29 is 80.2 Å². The number of phosphoric acid groups is 2. The minimum atomic E-state index is -4.96. The normalized spacial score (nSPS) is 13.9. The van der Waals surface area contributed by atoms with Crippen LogP contribution in [-0.2, 0) is 65.4 Å². The Morgan fingerprint density at radius 3 is 0.667 bits per heavy atom. The van der Waals surface area contributed by atoms with Crippen molar-refractivity contribution in [3.05, 3.63) is 0 Å². The number of hydrogen-bond acceptors (Lipinski definition) is 15. The highest BCUT2D eigenvalue weighted by Crippen LogP contribution is 2.45. The quantitative estimate of drug-likeness (QED) is 0.0222. The van der Waals surface area contributed by atoms with Crippen molar-refractivity contribution in [1.29, 1.82) is 0 Å². The van der Waals surface area contributed by atoms with E-state index < -0.39 is 97.5 Å². The molecule has 0 aromatic carbocycles. The van der Waals surface area contributed by atoms with Gasteiger partial charge >= 0.3 is 39.5 Å². The Kier molecular flexibility index (Phi) is 71.8. The van der Waals surface area contributed by atoms with E-state index in [4.69, 9.17) is 37.0 Å². The van der Waals surface area contributed by atoms with Crippen LogP contribution in [0.1, 0.15) is 434 Å². The highest BCUT2D eigenvalue weighted by atomic mass is 31.2. The van der Waals surface area contributed by atoms with Gasteiger partial charge < -0.3 is 33.8 Å². The molecule has 19 heteroatoms. The lowest BCUT2D eigenvalue weighted by Gasteiger charge is -2.21. The zero-order valence-electron chi connectivity index (χ0n) is 67.1. The van der Waals surface area contributed by atoms with Crippen LogP contribution < -0.4 is 0 Å². The molecule has 0 aromatic heterocycles. The molecule has 17 nitrogen and oxygen atoms in total. The molecule has 5 atom stereocenters. The molecule has 0 bridgehead atoms. The molecular weight excluding hydrogens is 1330 g/mol. The van der Waals surface area contributed by atoms with E-state index in [0.717, 1.165) is 108 Å². The topological polar surface area (TPSA) is 237 Å². The molecule has 0 radical (unpaired) electrons. The maximum atomic E-state index is 13.1. The second-order valence-corrected chi connectivity index (χ2v) is 34.2. The maximum Gasteiger partial charge on any atom is 0.472 e. The van der Waals surface area contributed by atoms with Crippen LogP contribution in [0.5, 0.6) is 0 Å². The van der Waals surface area contributed by atoms with E-state index in [1.54, 1.807) is 0 Å². The van der Waals surface area contributed by atoms with Gasteiger partial charge in [-0.2, -0.15) is 0 Å². The standard InChI is InChI=1S/C83H162O17P2/c1-8-9-10-11-12-13-30-38-43-52-59-66-82(87)100-79(71-94-81(86)65-58-51-46-45-49-56-63-76(6)7)73-98-102(91,92)96-69-77(84)68-95-101(89,90)97-72-78(99-83(88)67-60-53-44-39-34-29-25-21-17-15-19-23-27-32-36-41-48-55-62-75(4)5)70-93-80(85)64-57-50-42-37-33-28-24-20-16-14-18-22-26-31-35-40-47-54-61-74(2)3/h74-79,84H,8-73H2,1-7H3,(H,89,90)(H,91,92)/t77-,78-,79-/m1/s1. The SMILES string of the molecule is CCCCCCCCCCCCCC(=O)O[C@H](COC(=O)CCCCCCCCC(C)C)COP(=O)(O)OC[C@H](O)COP(=O)(O)OC[C@@H](COC(=O)CCCCCCCCCCCCCCCCCCCCC(C)C)OC(=O)CCCCCCCCCCCCCCCCCCCCC(C)C. The van der Waals surface area contributed by atoms with E-state index in [2.05, 4.69) is 48.5 Å². The van der Waals surface area contributed by atoms with Crippen LogP contribution in [0.3, 0.4) is 0 Å². The van der Waals surface area contributed by atoms with Crippen LogP contribution in [0.2, 0.25) is 0 Å². The van der Waals surface area contributed by atoms with Crippen LogP contribution in [0.15, 0.2) is 0 Å². The first-order valence-corrected chi connectivity index (χ1v) is 45.8. The molecule has 0 spiro atoms. The van der Waals surface area contributed by atoms with Crippen LogP contribution in [0.4, 0.5) is 0 Å². The third-order valence-electron chi connectivity index (χ3n) is 19.4. The molecule has 0 aliphatic rings. The lowest BCUT2D eigenvalue weighted by atomic mass is 10.0. The fourth-order valence-electron chi connectivity index (χ4n) is 12.8. The van der Waals surface area contributed by atoms with Crippen LogP contribution in [-0.4, -0.2) is 96.7 Å². The third-order valence-corrected chi connectivity index (χ3v) is 21.3. The van der Waals surface area contributed by atoms with Gasteiger partial charge in [0.2, 0.25) is 0 Å². The van der Waals surface area contributed by atoms with Gasteiger partial charge in [-0.05, 0) is 43.4 Å². The third kappa shape index (κ3) is 76.3. The lowest BCUT2D eigenvalue weighted by Crippen LogP contribution is -2.30. The fourth-order valence-corrected chi connectivity index (χ4v) is 14.4. The van der Waals surface area contributed by atoms with Crippen molar-refractivity contribution in [2.45, 2.75) is 452 Å². The molecule has 606 valence electrons. The summed E-state index contributed by atoms with van der Waals surface area (Å²) in [4.78, 5) is 73.0. The molecular formula is C83H162O17P2. The molecule has 0 amide bonds. The molecule has 0 saturated heterocycles. The van der Waals surface area contributed by atoms with Crippen molar-refractivity contribution in [3.63, 3.8) is 0 Å². The van der Waals surface area contributed by atoms with Gasteiger partial charge in [-0.15, -0.1) is 0 Å². The van der Waals surface area contributed by atoms with Crippen molar-refractivity contribution in [2.24, 2.45) is 17.8 Å². The number of hydrogen-bond donors (Lipinski definition) is 3. The molecule has 0 fully saturated rings. The predicted molar refractivity (Wildman–Crippen MR) is 418 cm³/mol. The molecule has 0 aromatic rings. The van der Waals surface area contributed by atoms with Gasteiger partial charge in [0.1, 0.15) is 19.3 Å². The van der Waals surface area contributed by atoms with E-state index in [9.17, 15) is 43.2 Å². The Hall–Kier alpha value is -1.94. The summed E-state index contributed by atoms with van der Waals surface area (Å²) >= 11 is 0. The smallest absolute Gasteiger partial charge is 0.462 e. The van der Waals surface area contributed by atoms with Gasteiger partial charge in [0, 0.05) is 25.7 Å². The van der Waals surface area contributed by atoms with Crippen molar-refractivity contribution in [2.75, 3.05) is 39.6 Å². The Bertz CT molecular complexity index is 1970. The molecule has 0 aliphatic heterocycles. The van der Waals surface area contributed by atoms with Crippen molar-refractivity contribution in [3.8, 4) is 0 Å². The van der Waals surface area contributed by atoms with Crippen LogP contribution in [0.25, 0.3) is 0 Å². The highest BCUT2D eigenvalue weighted by molar-refractivity contribution is 7.47. The Morgan fingerprint density at radius 2 is 0.451 bits per heavy atom. The number of rotatable bonds is 81. The Morgan fingerprint density at radius 1 is 0.265 bits per heavy atom. The first-order chi connectivity index (χ1) is 49.2. The monoisotopic (exact) mass is 1490 g/mol. The largest absolute Gasteiger partial charge is 0.472 e. The van der Waals surface area contributed by atoms with Gasteiger partial charge in [-0.3, -0.25) is 37.3 Å². The summed E-state index contributed by atoms with van der Waals surface area (Å²) in [5.74, 6) is 0.212. The number of carbonyl (C=O) groups excluding carboxylic acids is 4. The van der Waals surface area contributed by atoms with Crippen LogP contribution >= 0.6 is 15.6 Å². The average Bonchev–Trinajstić information content (AvgIpc) is 0.907. The summed E-state index contributed by atoms with van der Waals surface area (Å²) in [6.45, 7) is 11.9. The number of phosphoric ester groups is 2. The second-order valence-electron chi connectivity index (χ2n) is 31.3. The number of aliphatic hydroxyl groups is 1. The molecule has 2 unspecified atom stereocenters. The molecule has 0 saturated carbocycles. The minimum Gasteiger partial charge on any atom is -0.462 e. The first-order valence-electron chi connectivity index (χ1n) is 42.8. The predicted octanol–water partition coefficient (Wildman–Crippen LogP) is 24.9. The summed E-state index contributed by atoms with van der Waals surface area (Å²) < 4.78 is 68.7. The van der Waals surface area contributed by atoms with E-state index in [1.165, 1.54) is 238 Å². The highest BCUT2D eigenvalue weighted by Gasteiger charge is 2.30. The fraction of sp³-hybridized carbons (Fsp3) is 0.952. The number of unbranched alkanes of at least 4 members (excludes halogenated alkanes) is 49. The van der Waals surface area contributed by atoms with Crippen molar-refractivity contribution in [1.82, 2.24) is 0 Å².